The van der Waals surface area contributed by atoms with Crippen molar-refractivity contribution in [2.75, 3.05) is 13.7 Å². The second kappa shape index (κ2) is 4.84. The van der Waals surface area contributed by atoms with Crippen LogP contribution in [0.5, 0.6) is 0 Å². The molecule has 3 atom stereocenters. The number of carbonyl (C=O) groups excluding carboxylic acids is 1. The average molecular weight is 253 g/mol. The minimum Gasteiger partial charge on any atom is -0.469 e. The van der Waals surface area contributed by atoms with E-state index in [9.17, 15) is 4.79 Å². The standard InChI is InChI=1S/C15H27NO2/c1-14(2)11-7-8-15(3,10-11)13(14)16-9-5-6-12(17)18-4/h11,13,16H,5-10H2,1-4H3/t11-,13?,15+/m0/s1. The van der Waals surface area contributed by atoms with Crippen molar-refractivity contribution in [1.29, 1.82) is 0 Å². The number of fused-ring (bicyclic) bond motifs is 2. The Hall–Kier alpha value is -0.570. The number of rotatable bonds is 5. The predicted molar refractivity (Wildman–Crippen MR) is 72.3 cm³/mol. The van der Waals surface area contributed by atoms with E-state index in [1.54, 1.807) is 0 Å². The van der Waals surface area contributed by atoms with Crippen LogP contribution in [0, 0.1) is 16.7 Å². The van der Waals surface area contributed by atoms with E-state index in [0.29, 0.717) is 23.3 Å². The molecule has 2 rings (SSSR count). The van der Waals surface area contributed by atoms with Crippen LogP contribution in [-0.2, 0) is 9.53 Å². The van der Waals surface area contributed by atoms with Gasteiger partial charge in [-0.25, -0.2) is 0 Å². The molecule has 0 aliphatic heterocycles. The van der Waals surface area contributed by atoms with Crippen molar-refractivity contribution < 1.29 is 9.53 Å². The maximum atomic E-state index is 11.1. The Kier molecular flexibility index (Phi) is 3.72. The molecule has 18 heavy (non-hydrogen) atoms. The largest absolute Gasteiger partial charge is 0.469 e. The molecule has 3 heteroatoms. The van der Waals surface area contributed by atoms with Crippen LogP contribution in [0.2, 0.25) is 0 Å². The van der Waals surface area contributed by atoms with Crippen LogP contribution >= 0.6 is 0 Å². The fourth-order valence-electron chi connectivity index (χ4n) is 4.39. The topological polar surface area (TPSA) is 38.3 Å². The lowest BCUT2D eigenvalue weighted by Gasteiger charge is -2.43. The van der Waals surface area contributed by atoms with Crippen molar-refractivity contribution in [3.63, 3.8) is 0 Å². The van der Waals surface area contributed by atoms with Gasteiger partial charge in [0.2, 0.25) is 0 Å². The Morgan fingerprint density at radius 3 is 2.67 bits per heavy atom. The molecule has 0 aromatic rings. The Balaban J connectivity index is 1.84. The van der Waals surface area contributed by atoms with Gasteiger partial charge < -0.3 is 10.1 Å². The lowest BCUT2D eigenvalue weighted by atomic mass is 9.68. The van der Waals surface area contributed by atoms with Crippen LogP contribution in [-0.4, -0.2) is 25.7 Å². The van der Waals surface area contributed by atoms with Gasteiger partial charge in [-0.2, -0.15) is 0 Å². The summed E-state index contributed by atoms with van der Waals surface area (Å²) in [5, 5.41) is 3.72. The lowest BCUT2D eigenvalue weighted by Crippen LogP contribution is -2.50. The van der Waals surface area contributed by atoms with Gasteiger partial charge >= 0.3 is 5.97 Å². The zero-order valence-corrected chi connectivity index (χ0v) is 12.2. The van der Waals surface area contributed by atoms with Crippen molar-refractivity contribution in [3.8, 4) is 0 Å². The van der Waals surface area contributed by atoms with Crippen LogP contribution in [0.15, 0.2) is 0 Å². The van der Waals surface area contributed by atoms with Crippen molar-refractivity contribution in [3.05, 3.63) is 0 Å². The average Bonchev–Trinajstić information content (AvgIpc) is 2.78. The molecule has 0 aromatic heterocycles. The first kappa shape index (κ1) is 13.9. The smallest absolute Gasteiger partial charge is 0.305 e. The van der Waals surface area contributed by atoms with Crippen molar-refractivity contribution in [1.82, 2.24) is 5.32 Å². The van der Waals surface area contributed by atoms with Crippen molar-refractivity contribution >= 4 is 5.97 Å². The fourth-order valence-corrected chi connectivity index (χ4v) is 4.39. The second-order valence-electron chi connectivity index (χ2n) is 6.98. The Morgan fingerprint density at radius 2 is 2.11 bits per heavy atom. The molecular formula is C15H27NO2. The normalized spacial score (nSPS) is 36.9. The summed E-state index contributed by atoms with van der Waals surface area (Å²) in [5.41, 5.74) is 0.873. The highest BCUT2D eigenvalue weighted by Crippen LogP contribution is 2.62. The van der Waals surface area contributed by atoms with Gasteiger partial charge in [0.05, 0.1) is 7.11 Å². The second-order valence-corrected chi connectivity index (χ2v) is 6.98. The van der Waals surface area contributed by atoms with Gasteiger partial charge in [-0.3, -0.25) is 4.79 Å². The number of esters is 1. The zero-order chi connectivity index (χ0) is 13.4. The van der Waals surface area contributed by atoms with E-state index >= 15 is 0 Å². The van der Waals surface area contributed by atoms with Gasteiger partial charge in [0, 0.05) is 12.5 Å². The third-order valence-corrected chi connectivity index (χ3v) is 5.40. The summed E-state index contributed by atoms with van der Waals surface area (Å²) in [5.74, 6) is 0.774. The number of nitrogens with one attached hydrogen (secondary N) is 1. The molecule has 0 heterocycles. The van der Waals surface area contributed by atoms with E-state index in [1.807, 2.05) is 0 Å². The molecule has 0 saturated heterocycles. The molecule has 1 N–H and O–H groups in total. The van der Waals surface area contributed by atoms with Gasteiger partial charge in [-0.15, -0.1) is 0 Å². The van der Waals surface area contributed by atoms with Crippen LogP contribution in [0.25, 0.3) is 0 Å². The maximum absolute atomic E-state index is 11.1. The predicted octanol–water partition coefficient (Wildman–Crippen LogP) is 2.74. The molecular weight excluding hydrogens is 226 g/mol. The highest BCUT2D eigenvalue weighted by Gasteiger charge is 2.58. The summed E-state index contributed by atoms with van der Waals surface area (Å²) in [6.07, 6.45) is 5.52. The number of methoxy groups -OCH3 is 1. The summed E-state index contributed by atoms with van der Waals surface area (Å²) in [6, 6.07) is 0.599. The molecule has 1 unspecified atom stereocenters. The molecule has 2 fully saturated rings. The monoisotopic (exact) mass is 253 g/mol. The summed E-state index contributed by atoms with van der Waals surface area (Å²) in [4.78, 5) is 11.1. The van der Waals surface area contributed by atoms with E-state index in [1.165, 1.54) is 26.4 Å². The molecule has 0 aromatic carbocycles. The van der Waals surface area contributed by atoms with Gasteiger partial charge in [-0.1, -0.05) is 20.8 Å². The molecule has 2 aliphatic rings. The minimum absolute atomic E-state index is 0.102. The quantitative estimate of drug-likeness (QED) is 0.605. The molecule has 2 aliphatic carbocycles. The number of hydrogen-bond acceptors (Lipinski definition) is 3. The highest BCUT2D eigenvalue weighted by molar-refractivity contribution is 5.69. The highest BCUT2D eigenvalue weighted by atomic mass is 16.5. The summed E-state index contributed by atoms with van der Waals surface area (Å²) >= 11 is 0. The molecule has 2 bridgehead atoms. The molecule has 0 amide bonds. The van der Waals surface area contributed by atoms with Crippen LogP contribution < -0.4 is 5.32 Å². The molecule has 0 spiro atoms. The first-order valence-corrected chi connectivity index (χ1v) is 7.20. The Bertz CT molecular complexity index is 322. The lowest BCUT2D eigenvalue weighted by molar-refractivity contribution is -0.140. The number of hydrogen-bond donors (Lipinski definition) is 1. The third-order valence-electron chi connectivity index (χ3n) is 5.40. The van der Waals surface area contributed by atoms with E-state index < -0.39 is 0 Å². The first-order valence-electron chi connectivity index (χ1n) is 7.20. The van der Waals surface area contributed by atoms with Crippen molar-refractivity contribution in [2.24, 2.45) is 16.7 Å². The van der Waals surface area contributed by atoms with Crippen LogP contribution in [0.4, 0.5) is 0 Å². The summed E-state index contributed by atoms with van der Waals surface area (Å²) < 4.78 is 4.67. The molecule has 0 radical (unpaired) electrons. The Labute approximate surface area is 111 Å². The molecule has 104 valence electrons. The number of carbonyl (C=O) groups is 1. The van der Waals surface area contributed by atoms with E-state index in [0.717, 1.165) is 18.9 Å². The molecule has 3 nitrogen and oxygen atoms in total. The maximum Gasteiger partial charge on any atom is 0.305 e. The van der Waals surface area contributed by atoms with Gasteiger partial charge in [0.1, 0.15) is 0 Å². The molecule has 2 saturated carbocycles. The Morgan fingerprint density at radius 1 is 1.39 bits per heavy atom. The minimum atomic E-state index is -0.102. The third kappa shape index (κ3) is 2.29. The van der Waals surface area contributed by atoms with Gasteiger partial charge in [0.25, 0.3) is 0 Å². The summed E-state index contributed by atoms with van der Waals surface area (Å²) in [6.45, 7) is 8.16. The zero-order valence-electron chi connectivity index (χ0n) is 12.2. The fraction of sp³-hybridized carbons (Fsp3) is 0.933. The van der Waals surface area contributed by atoms with Gasteiger partial charge in [0.15, 0.2) is 0 Å². The van der Waals surface area contributed by atoms with E-state index in [2.05, 4.69) is 30.8 Å². The van der Waals surface area contributed by atoms with E-state index in [-0.39, 0.29) is 5.97 Å². The SMILES string of the molecule is COC(=O)CCCNC1C(C)(C)[C@H]2CC[C@]1(C)C2. The first-order chi connectivity index (χ1) is 8.40. The van der Waals surface area contributed by atoms with Crippen LogP contribution in [0.3, 0.4) is 0 Å². The van der Waals surface area contributed by atoms with Crippen molar-refractivity contribution in [2.45, 2.75) is 58.9 Å². The van der Waals surface area contributed by atoms with Gasteiger partial charge in [-0.05, 0) is 49.0 Å². The van der Waals surface area contributed by atoms with Crippen LogP contribution in [0.1, 0.15) is 52.9 Å². The summed E-state index contributed by atoms with van der Waals surface area (Å²) in [7, 11) is 1.45. The van der Waals surface area contributed by atoms with E-state index in [4.69, 9.17) is 0 Å². The number of ether oxygens (including phenoxy) is 1.